The summed E-state index contributed by atoms with van der Waals surface area (Å²) < 4.78 is 40.5. The van der Waals surface area contributed by atoms with Gasteiger partial charge in [-0.25, -0.2) is 17.5 Å². The highest BCUT2D eigenvalue weighted by atomic mass is 32.2. The molecule has 1 saturated heterocycles. The van der Waals surface area contributed by atoms with Gasteiger partial charge in [-0.05, 0) is 37.7 Å². The fraction of sp³-hybridized carbons (Fsp3) is 0.500. The Balaban J connectivity index is 2.24. The number of nitrogens with one attached hydrogen (secondary N) is 1. The second kappa shape index (κ2) is 5.68. The molecule has 1 atom stereocenters. The maximum atomic E-state index is 13.6. The van der Waals surface area contributed by atoms with Gasteiger partial charge in [0.05, 0.1) is 4.90 Å². The van der Waals surface area contributed by atoms with Crippen LogP contribution in [0.1, 0.15) is 18.4 Å². The fourth-order valence-electron chi connectivity index (χ4n) is 1.95. The van der Waals surface area contributed by atoms with Crippen LogP contribution in [0.3, 0.4) is 0 Å². The van der Waals surface area contributed by atoms with Crippen LogP contribution in [0.4, 0.5) is 10.1 Å². The van der Waals surface area contributed by atoms with Gasteiger partial charge in [0.15, 0.2) is 0 Å². The molecule has 7 heteroatoms. The van der Waals surface area contributed by atoms with E-state index in [0.29, 0.717) is 0 Å². The Bertz CT molecular complexity index is 546. The lowest BCUT2D eigenvalue weighted by atomic mass is 10.2. The lowest BCUT2D eigenvalue weighted by Crippen LogP contribution is -2.38. The van der Waals surface area contributed by atoms with Gasteiger partial charge in [0, 0.05) is 23.0 Å². The molecule has 0 spiro atoms. The highest BCUT2D eigenvalue weighted by molar-refractivity contribution is 7.99. The number of rotatable bonds is 3. The first kappa shape index (κ1) is 14.6. The average molecular weight is 304 g/mol. The summed E-state index contributed by atoms with van der Waals surface area (Å²) in [5.41, 5.74) is 6.04. The Morgan fingerprint density at radius 3 is 2.79 bits per heavy atom. The summed E-state index contributed by atoms with van der Waals surface area (Å²) in [5.74, 6) is 1.21. The summed E-state index contributed by atoms with van der Waals surface area (Å²) in [6, 6.07) is 2.23. The number of halogens is 1. The van der Waals surface area contributed by atoms with Gasteiger partial charge in [-0.15, -0.1) is 0 Å². The third-order valence-electron chi connectivity index (χ3n) is 3.15. The fourth-order valence-corrected chi connectivity index (χ4v) is 4.44. The molecule has 1 aliphatic rings. The second-order valence-electron chi connectivity index (χ2n) is 4.65. The van der Waals surface area contributed by atoms with Gasteiger partial charge in [0.1, 0.15) is 5.82 Å². The Kier molecular flexibility index (Phi) is 4.37. The van der Waals surface area contributed by atoms with Gasteiger partial charge < -0.3 is 5.73 Å². The molecule has 0 bridgehead atoms. The van der Waals surface area contributed by atoms with E-state index in [-0.39, 0.29) is 22.2 Å². The van der Waals surface area contributed by atoms with Gasteiger partial charge >= 0.3 is 0 Å². The van der Waals surface area contributed by atoms with Crippen molar-refractivity contribution in [3.63, 3.8) is 0 Å². The van der Waals surface area contributed by atoms with Gasteiger partial charge in [-0.3, -0.25) is 0 Å². The molecule has 1 aromatic carbocycles. The molecular weight excluding hydrogens is 287 g/mol. The van der Waals surface area contributed by atoms with E-state index in [2.05, 4.69) is 4.72 Å². The highest BCUT2D eigenvalue weighted by Crippen LogP contribution is 2.23. The monoisotopic (exact) mass is 304 g/mol. The molecule has 3 N–H and O–H groups in total. The SMILES string of the molecule is Cc1c(N)cc(S(=O)(=O)NC2CCCSC2)cc1F. The van der Waals surface area contributed by atoms with E-state index >= 15 is 0 Å². The maximum Gasteiger partial charge on any atom is 0.241 e. The van der Waals surface area contributed by atoms with E-state index in [4.69, 9.17) is 5.73 Å². The topological polar surface area (TPSA) is 72.2 Å². The largest absolute Gasteiger partial charge is 0.398 e. The van der Waals surface area contributed by atoms with Gasteiger partial charge in [-0.1, -0.05) is 0 Å². The molecule has 0 aromatic heterocycles. The minimum Gasteiger partial charge on any atom is -0.398 e. The molecule has 4 nitrogen and oxygen atoms in total. The third-order valence-corrected chi connectivity index (χ3v) is 5.87. The van der Waals surface area contributed by atoms with Crippen molar-refractivity contribution in [1.29, 1.82) is 0 Å². The first-order valence-electron chi connectivity index (χ1n) is 6.06. The minimum absolute atomic E-state index is 0.0886. The smallest absolute Gasteiger partial charge is 0.241 e. The second-order valence-corrected chi connectivity index (χ2v) is 7.52. The molecule has 0 amide bonds. The van der Waals surface area contributed by atoms with E-state index in [1.54, 1.807) is 11.8 Å². The molecule has 0 radical (unpaired) electrons. The van der Waals surface area contributed by atoms with Crippen molar-refractivity contribution in [2.75, 3.05) is 17.2 Å². The van der Waals surface area contributed by atoms with Crippen LogP contribution in [-0.2, 0) is 10.0 Å². The van der Waals surface area contributed by atoms with Crippen molar-refractivity contribution >= 4 is 27.5 Å². The number of hydrogen-bond acceptors (Lipinski definition) is 4. The lowest BCUT2D eigenvalue weighted by molar-refractivity contribution is 0.541. The van der Waals surface area contributed by atoms with Crippen LogP contribution in [0.25, 0.3) is 0 Å². The zero-order valence-electron chi connectivity index (χ0n) is 10.6. The van der Waals surface area contributed by atoms with Gasteiger partial charge in [0.25, 0.3) is 0 Å². The third kappa shape index (κ3) is 3.40. The van der Waals surface area contributed by atoms with E-state index < -0.39 is 15.8 Å². The van der Waals surface area contributed by atoms with Crippen LogP contribution in [0.5, 0.6) is 0 Å². The molecule has 106 valence electrons. The normalized spacial score (nSPS) is 20.4. The Labute approximate surface area is 117 Å². The molecule has 1 heterocycles. The molecule has 0 saturated carbocycles. The Hall–Kier alpha value is -0.790. The van der Waals surface area contributed by atoms with Crippen molar-refractivity contribution in [2.45, 2.75) is 30.7 Å². The molecule has 19 heavy (non-hydrogen) atoms. The number of thioether (sulfide) groups is 1. The molecular formula is C12H17FN2O2S2. The summed E-state index contributed by atoms with van der Waals surface area (Å²) in [6.45, 7) is 1.52. The average Bonchev–Trinajstić information content (AvgIpc) is 2.36. The summed E-state index contributed by atoms with van der Waals surface area (Å²) in [5, 5.41) is 0. The van der Waals surface area contributed by atoms with Crippen LogP contribution in [-0.4, -0.2) is 26.0 Å². The van der Waals surface area contributed by atoms with Crippen molar-refractivity contribution in [3.05, 3.63) is 23.5 Å². The van der Waals surface area contributed by atoms with E-state index in [0.717, 1.165) is 30.4 Å². The van der Waals surface area contributed by atoms with Crippen LogP contribution in [0.15, 0.2) is 17.0 Å². The predicted molar refractivity (Wildman–Crippen MR) is 76.2 cm³/mol. The minimum atomic E-state index is -3.70. The first-order valence-corrected chi connectivity index (χ1v) is 8.69. The summed E-state index contributed by atoms with van der Waals surface area (Å²) >= 11 is 1.72. The molecule has 1 aromatic rings. The van der Waals surface area contributed by atoms with Crippen LogP contribution >= 0.6 is 11.8 Å². The van der Waals surface area contributed by atoms with Crippen molar-refractivity contribution in [1.82, 2.24) is 4.72 Å². The Morgan fingerprint density at radius 1 is 1.47 bits per heavy atom. The maximum absolute atomic E-state index is 13.6. The van der Waals surface area contributed by atoms with Crippen LogP contribution in [0, 0.1) is 12.7 Å². The van der Waals surface area contributed by atoms with Crippen LogP contribution in [0.2, 0.25) is 0 Å². The zero-order valence-corrected chi connectivity index (χ0v) is 12.3. The van der Waals surface area contributed by atoms with Gasteiger partial charge in [0.2, 0.25) is 10.0 Å². The van der Waals surface area contributed by atoms with Crippen molar-refractivity contribution in [2.24, 2.45) is 0 Å². The van der Waals surface area contributed by atoms with E-state index in [1.165, 1.54) is 13.0 Å². The summed E-state index contributed by atoms with van der Waals surface area (Å²) in [6.07, 6.45) is 1.80. The number of hydrogen-bond donors (Lipinski definition) is 2. The summed E-state index contributed by atoms with van der Waals surface area (Å²) in [4.78, 5) is -0.108. The number of sulfonamides is 1. The number of nitrogens with two attached hydrogens (primary N) is 1. The number of anilines is 1. The molecule has 1 fully saturated rings. The van der Waals surface area contributed by atoms with E-state index in [1.807, 2.05) is 0 Å². The highest BCUT2D eigenvalue weighted by Gasteiger charge is 2.23. The number of benzene rings is 1. The standard InChI is InChI=1S/C12H17FN2O2S2/c1-8-11(13)5-10(6-12(8)14)19(16,17)15-9-3-2-4-18-7-9/h5-6,9,15H,2-4,7,14H2,1H3. The molecule has 2 rings (SSSR count). The van der Waals surface area contributed by atoms with Crippen LogP contribution < -0.4 is 10.5 Å². The molecule has 1 aliphatic heterocycles. The first-order chi connectivity index (χ1) is 8.90. The quantitative estimate of drug-likeness (QED) is 0.837. The predicted octanol–water partition coefficient (Wildman–Crippen LogP) is 1.89. The number of nitrogen functional groups attached to an aromatic ring is 1. The molecule has 0 aliphatic carbocycles. The lowest BCUT2D eigenvalue weighted by Gasteiger charge is -2.22. The summed E-state index contributed by atoms with van der Waals surface area (Å²) in [7, 11) is -3.70. The van der Waals surface area contributed by atoms with Crippen molar-refractivity contribution in [3.8, 4) is 0 Å². The van der Waals surface area contributed by atoms with Gasteiger partial charge in [-0.2, -0.15) is 11.8 Å². The Morgan fingerprint density at radius 2 is 2.21 bits per heavy atom. The van der Waals surface area contributed by atoms with Crippen molar-refractivity contribution < 1.29 is 12.8 Å². The zero-order chi connectivity index (χ0) is 14.0. The molecule has 1 unspecified atom stereocenters. The van der Waals surface area contributed by atoms with E-state index in [9.17, 15) is 12.8 Å².